The largest absolute Gasteiger partial charge is 0.497 e. The van der Waals surface area contributed by atoms with E-state index in [0.717, 1.165) is 16.9 Å². The average molecular weight is 408 g/mol. The molecule has 0 aliphatic carbocycles. The van der Waals surface area contributed by atoms with E-state index in [0.29, 0.717) is 27.9 Å². The average Bonchev–Trinajstić information content (AvgIpc) is 3.22. The Morgan fingerprint density at radius 2 is 1.86 bits per heavy atom. The van der Waals surface area contributed by atoms with Crippen LogP contribution in [0, 0.1) is 0 Å². The Labute approximate surface area is 169 Å². The van der Waals surface area contributed by atoms with E-state index >= 15 is 0 Å². The molecule has 29 heavy (non-hydrogen) atoms. The first-order valence-corrected chi connectivity index (χ1v) is 9.11. The van der Waals surface area contributed by atoms with Crippen LogP contribution in [-0.4, -0.2) is 37.5 Å². The number of anilines is 2. The summed E-state index contributed by atoms with van der Waals surface area (Å²) in [6, 6.07) is 14.3. The summed E-state index contributed by atoms with van der Waals surface area (Å²) in [6.07, 6.45) is 0. The van der Waals surface area contributed by atoms with Crippen molar-refractivity contribution in [1.29, 1.82) is 0 Å². The fraction of sp³-hybridized carbons (Fsp3) is 0.105. The molecule has 0 saturated carbocycles. The van der Waals surface area contributed by atoms with Crippen molar-refractivity contribution in [2.75, 3.05) is 12.4 Å². The molecule has 0 amide bonds. The lowest BCUT2D eigenvalue weighted by atomic mass is 9.92. The molecular weight excluding hydrogens is 394 g/mol. The van der Waals surface area contributed by atoms with Crippen LogP contribution in [0.2, 0.25) is 5.02 Å². The SMILES string of the molecule is COc1ccc(-c2n[nH]c(=O)c3c2[C@H](c2ccc(Cl)cc2)n2nnnc2N3)cc1. The zero-order valence-electron chi connectivity index (χ0n) is 15.1. The second-order valence-electron chi connectivity index (χ2n) is 6.44. The number of benzene rings is 2. The van der Waals surface area contributed by atoms with Gasteiger partial charge in [0.15, 0.2) is 0 Å². The quantitative estimate of drug-likeness (QED) is 0.473. The Morgan fingerprint density at radius 3 is 2.59 bits per heavy atom. The number of hydrogen-bond acceptors (Lipinski definition) is 7. The van der Waals surface area contributed by atoms with Crippen LogP contribution in [0.15, 0.2) is 53.3 Å². The summed E-state index contributed by atoms with van der Waals surface area (Å²) in [5.41, 5.74) is 2.96. The lowest BCUT2D eigenvalue weighted by Crippen LogP contribution is -2.29. The van der Waals surface area contributed by atoms with E-state index in [-0.39, 0.29) is 5.56 Å². The molecule has 3 heterocycles. The predicted molar refractivity (Wildman–Crippen MR) is 107 cm³/mol. The second kappa shape index (κ2) is 6.71. The van der Waals surface area contributed by atoms with Gasteiger partial charge < -0.3 is 10.1 Å². The molecule has 4 aromatic rings. The van der Waals surface area contributed by atoms with Crippen LogP contribution in [0.25, 0.3) is 11.3 Å². The highest BCUT2D eigenvalue weighted by molar-refractivity contribution is 6.30. The van der Waals surface area contributed by atoms with Gasteiger partial charge in [0.05, 0.1) is 12.8 Å². The molecule has 2 aromatic heterocycles. The predicted octanol–water partition coefficient (Wildman–Crippen LogP) is 2.78. The molecule has 144 valence electrons. The molecule has 10 heteroatoms. The summed E-state index contributed by atoms with van der Waals surface area (Å²) < 4.78 is 6.87. The Balaban J connectivity index is 1.78. The van der Waals surface area contributed by atoms with Crippen molar-refractivity contribution < 1.29 is 4.74 Å². The first kappa shape index (κ1) is 17.4. The van der Waals surface area contributed by atoms with Crippen LogP contribution in [0.4, 0.5) is 11.6 Å². The van der Waals surface area contributed by atoms with Gasteiger partial charge in [0.2, 0.25) is 5.95 Å². The highest BCUT2D eigenvalue weighted by Crippen LogP contribution is 2.41. The third kappa shape index (κ3) is 2.83. The number of H-pyrrole nitrogens is 1. The Hall–Kier alpha value is -3.72. The van der Waals surface area contributed by atoms with E-state index in [1.54, 1.807) is 23.9 Å². The number of tetrazole rings is 1. The van der Waals surface area contributed by atoms with Gasteiger partial charge in [-0.3, -0.25) is 4.79 Å². The minimum Gasteiger partial charge on any atom is -0.497 e. The summed E-state index contributed by atoms with van der Waals surface area (Å²) in [6.45, 7) is 0. The minimum atomic E-state index is -0.458. The van der Waals surface area contributed by atoms with Crippen molar-refractivity contribution in [2.24, 2.45) is 0 Å². The number of fused-ring (bicyclic) bond motifs is 2. The van der Waals surface area contributed by atoms with Crippen LogP contribution < -0.4 is 15.6 Å². The number of halogens is 1. The molecule has 0 fully saturated rings. The number of aromatic amines is 1. The Bertz CT molecular complexity index is 1250. The van der Waals surface area contributed by atoms with Crippen LogP contribution in [0.3, 0.4) is 0 Å². The van der Waals surface area contributed by atoms with Gasteiger partial charge in [0.25, 0.3) is 5.56 Å². The molecule has 0 saturated heterocycles. The Morgan fingerprint density at radius 1 is 1.10 bits per heavy atom. The normalized spacial score (nSPS) is 14.6. The maximum Gasteiger partial charge on any atom is 0.288 e. The van der Waals surface area contributed by atoms with Gasteiger partial charge in [-0.25, -0.2) is 5.10 Å². The zero-order chi connectivity index (χ0) is 20.0. The topological polar surface area (TPSA) is 111 Å². The zero-order valence-corrected chi connectivity index (χ0v) is 15.9. The standard InChI is InChI=1S/C19H14ClN7O2/c1-29-13-8-4-10(5-9-13)15-14-16(18(28)23-22-15)21-19-24-25-26-27(19)17(14)11-2-6-12(20)7-3-11/h2-9,17H,1H3,(H,23,28)(H,21,24,26)/t17-/m0/s1. The van der Waals surface area contributed by atoms with Crippen molar-refractivity contribution in [3.63, 3.8) is 0 Å². The number of rotatable bonds is 3. The van der Waals surface area contributed by atoms with Crippen molar-refractivity contribution in [3.8, 4) is 17.0 Å². The van der Waals surface area contributed by atoms with Crippen LogP contribution in [0.5, 0.6) is 5.75 Å². The molecule has 1 aliphatic heterocycles. The summed E-state index contributed by atoms with van der Waals surface area (Å²) in [5, 5.41) is 22.4. The fourth-order valence-corrected chi connectivity index (χ4v) is 3.59. The van der Waals surface area contributed by atoms with Gasteiger partial charge in [-0.1, -0.05) is 28.8 Å². The van der Waals surface area contributed by atoms with Crippen LogP contribution in [0.1, 0.15) is 17.2 Å². The first-order valence-electron chi connectivity index (χ1n) is 8.73. The van der Waals surface area contributed by atoms with Crippen molar-refractivity contribution >= 4 is 23.2 Å². The molecule has 2 N–H and O–H groups in total. The number of hydrogen-bond donors (Lipinski definition) is 2. The molecule has 2 aromatic carbocycles. The highest BCUT2D eigenvalue weighted by atomic mass is 35.5. The van der Waals surface area contributed by atoms with Gasteiger partial charge in [0, 0.05) is 16.1 Å². The lowest BCUT2D eigenvalue weighted by Gasteiger charge is -2.27. The molecule has 5 rings (SSSR count). The molecule has 0 bridgehead atoms. The van der Waals surface area contributed by atoms with Gasteiger partial charge in [-0.15, -0.1) is 0 Å². The van der Waals surface area contributed by atoms with E-state index in [9.17, 15) is 4.79 Å². The summed E-state index contributed by atoms with van der Waals surface area (Å²) in [5.74, 6) is 1.09. The number of ether oxygens (including phenoxy) is 1. The number of nitrogens with one attached hydrogen (secondary N) is 2. The smallest absolute Gasteiger partial charge is 0.288 e. The van der Waals surface area contributed by atoms with Crippen LogP contribution in [-0.2, 0) is 0 Å². The van der Waals surface area contributed by atoms with Crippen molar-refractivity contribution in [2.45, 2.75) is 6.04 Å². The molecule has 0 spiro atoms. The number of nitrogens with zero attached hydrogens (tertiary/aromatic N) is 5. The monoisotopic (exact) mass is 407 g/mol. The second-order valence-corrected chi connectivity index (χ2v) is 6.88. The summed E-state index contributed by atoms with van der Waals surface area (Å²) in [7, 11) is 1.61. The molecular formula is C19H14ClN7O2. The van der Waals surface area contributed by atoms with Crippen molar-refractivity contribution in [1.82, 2.24) is 30.4 Å². The minimum absolute atomic E-state index is 0.355. The summed E-state index contributed by atoms with van der Waals surface area (Å²) >= 11 is 6.07. The first-order chi connectivity index (χ1) is 14.2. The summed E-state index contributed by atoms with van der Waals surface area (Å²) in [4.78, 5) is 12.6. The van der Waals surface area contributed by atoms with E-state index in [1.807, 2.05) is 36.4 Å². The maximum atomic E-state index is 12.6. The van der Waals surface area contributed by atoms with Crippen molar-refractivity contribution in [3.05, 3.63) is 75.0 Å². The van der Waals surface area contributed by atoms with Gasteiger partial charge in [-0.05, 0) is 52.4 Å². The lowest BCUT2D eigenvalue weighted by molar-refractivity contribution is 0.415. The molecule has 1 atom stereocenters. The van der Waals surface area contributed by atoms with Gasteiger partial charge in [-0.2, -0.15) is 9.78 Å². The third-order valence-corrected chi connectivity index (χ3v) is 5.07. The maximum absolute atomic E-state index is 12.6. The molecule has 0 radical (unpaired) electrons. The van der Waals surface area contributed by atoms with E-state index < -0.39 is 6.04 Å². The molecule has 9 nitrogen and oxygen atoms in total. The highest BCUT2D eigenvalue weighted by Gasteiger charge is 2.34. The molecule has 0 unspecified atom stereocenters. The van der Waals surface area contributed by atoms with Crippen LogP contribution >= 0.6 is 11.6 Å². The van der Waals surface area contributed by atoms with E-state index in [2.05, 4.69) is 31.0 Å². The van der Waals surface area contributed by atoms with E-state index in [1.165, 1.54) is 0 Å². The number of methoxy groups -OCH3 is 1. The third-order valence-electron chi connectivity index (χ3n) is 4.82. The fourth-order valence-electron chi connectivity index (χ4n) is 3.46. The Kier molecular flexibility index (Phi) is 4.02. The van der Waals surface area contributed by atoms with Gasteiger partial charge in [0.1, 0.15) is 17.5 Å². The van der Waals surface area contributed by atoms with Gasteiger partial charge >= 0.3 is 0 Å². The number of aromatic nitrogens is 6. The van der Waals surface area contributed by atoms with E-state index in [4.69, 9.17) is 16.3 Å². The molecule has 1 aliphatic rings.